The molecule has 2 N–H and O–H groups in total. The molecule has 0 spiro atoms. The van der Waals surface area contributed by atoms with Crippen LogP contribution in [0.25, 0.3) is 0 Å². The SMILES string of the molecule is C=C(C)CN1CCC(N)CC1. The summed E-state index contributed by atoms with van der Waals surface area (Å²) in [5.74, 6) is 0. The molecule has 0 radical (unpaired) electrons. The average molecular weight is 154 g/mol. The highest BCUT2D eigenvalue weighted by molar-refractivity contribution is 4.93. The van der Waals surface area contributed by atoms with E-state index in [1.54, 1.807) is 0 Å². The van der Waals surface area contributed by atoms with Gasteiger partial charge in [-0.25, -0.2) is 0 Å². The van der Waals surface area contributed by atoms with Crippen molar-refractivity contribution in [1.82, 2.24) is 4.90 Å². The van der Waals surface area contributed by atoms with Gasteiger partial charge in [0.05, 0.1) is 0 Å². The van der Waals surface area contributed by atoms with Crippen LogP contribution in [0.5, 0.6) is 0 Å². The summed E-state index contributed by atoms with van der Waals surface area (Å²) in [7, 11) is 0. The Bertz CT molecular complexity index is 134. The predicted molar refractivity (Wildman–Crippen MR) is 48.5 cm³/mol. The lowest BCUT2D eigenvalue weighted by Gasteiger charge is -2.29. The van der Waals surface area contributed by atoms with E-state index >= 15 is 0 Å². The molecule has 1 aliphatic heterocycles. The molecule has 0 bridgehead atoms. The van der Waals surface area contributed by atoms with Crippen LogP contribution < -0.4 is 5.73 Å². The molecule has 0 aromatic rings. The molecule has 0 amide bonds. The third-order valence-electron chi connectivity index (χ3n) is 2.13. The van der Waals surface area contributed by atoms with Crippen molar-refractivity contribution in [1.29, 1.82) is 0 Å². The molecule has 11 heavy (non-hydrogen) atoms. The van der Waals surface area contributed by atoms with Crippen LogP contribution in [0.1, 0.15) is 19.8 Å². The second-order valence-electron chi connectivity index (χ2n) is 3.57. The summed E-state index contributed by atoms with van der Waals surface area (Å²) in [5.41, 5.74) is 7.03. The molecule has 0 aliphatic carbocycles. The number of nitrogens with two attached hydrogens (primary N) is 1. The molecular weight excluding hydrogens is 136 g/mol. The fraction of sp³-hybridized carbons (Fsp3) is 0.778. The van der Waals surface area contributed by atoms with E-state index in [0.717, 1.165) is 32.5 Å². The first-order valence-corrected chi connectivity index (χ1v) is 4.31. The number of piperidine rings is 1. The van der Waals surface area contributed by atoms with Gasteiger partial charge in [0.2, 0.25) is 0 Å². The van der Waals surface area contributed by atoms with E-state index in [9.17, 15) is 0 Å². The Morgan fingerprint density at radius 3 is 2.55 bits per heavy atom. The van der Waals surface area contributed by atoms with Crippen LogP contribution in [0.15, 0.2) is 12.2 Å². The van der Waals surface area contributed by atoms with E-state index in [0.29, 0.717) is 6.04 Å². The highest BCUT2D eigenvalue weighted by atomic mass is 15.1. The van der Waals surface area contributed by atoms with E-state index < -0.39 is 0 Å². The minimum Gasteiger partial charge on any atom is -0.328 e. The Labute approximate surface area is 69.1 Å². The molecule has 1 heterocycles. The summed E-state index contributed by atoms with van der Waals surface area (Å²) in [5, 5.41) is 0. The zero-order valence-electron chi connectivity index (χ0n) is 7.34. The van der Waals surface area contributed by atoms with Gasteiger partial charge in [-0.15, -0.1) is 0 Å². The molecule has 0 saturated carbocycles. The lowest BCUT2D eigenvalue weighted by atomic mass is 10.1. The minimum atomic E-state index is 0.441. The van der Waals surface area contributed by atoms with Gasteiger partial charge < -0.3 is 5.73 Å². The van der Waals surface area contributed by atoms with E-state index in [-0.39, 0.29) is 0 Å². The molecular formula is C9H18N2. The van der Waals surface area contributed by atoms with E-state index in [1.807, 2.05) is 0 Å². The highest BCUT2D eigenvalue weighted by Crippen LogP contribution is 2.08. The minimum absolute atomic E-state index is 0.441. The molecule has 1 fully saturated rings. The summed E-state index contributed by atoms with van der Waals surface area (Å²) in [6, 6.07) is 0.441. The maximum absolute atomic E-state index is 5.78. The lowest BCUT2D eigenvalue weighted by molar-refractivity contribution is 0.229. The summed E-state index contributed by atoms with van der Waals surface area (Å²) < 4.78 is 0. The van der Waals surface area contributed by atoms with Gasteiger partial charge in [-0.3, -0.25) is 4.90 Å². The molecule has 0 aromatic heterocycles. The zero-order valence-corrected chi connectivity index (χ0v) is 7.34. The van der Waals surface area contributed by atoms with Crippen LogP contribution in [0.3, 0.4) is 0 Å². The van der Waals surface area contributed by atoms with Crippen molar-refractivity contribution in [2.45, 2.75) is 25.8 Å². The fourth-order valence-corrected chi connectivity index (χ4v) is 1.49. The van der Waals surface area contributed by atoms with Crippen LogP contribution in [0.4, 0.5) is 0 Å². The van der Waals surface area contributed by atoms with Crippen molar-refractivity contribution in [3.8, 4) is 0 Å². The van der Waals surface area contributed by atoms with Gasteiger partial charge in [0, 0.05) is 12.6 Å². The summed E-state index contributed by atoms with van der Waals surface area (Å²) in [6.07, 6.45) is 2.29. The molecule has 1 saturated heterocycles. The third kappa shape index (κ3) is 3.04. The van der Waals surface area contributed by atoms with Gasteiger partial charge >= 0.3 is 0 Å². The van der Waals surface area contributed by atoms with Crippen molar-refractivity contribution in [3.63, 3.8) is 0 Å². The maximum atomic E-state index is 5.78. The molecule has 1 aliphatic rings. The van der Waals surface area contributed by atoms with Crippen LogP contribution >= 0.6 is 0 Å². The van der Waals surface area contributed by atoms with Crippen molar-refractivity contribution in [2.75, 3.05) is 19.6 Å². The van der Waals surface area contributed by atoms with E-state index in [4.69, 9.17) is 5.73 Å². The van der Waals surface area contributed by atoms with Crippen LogP contribution in [-0.2, 0) is 0 Å². The summed E-state index contributed by atoms with van der Waals surface area (Å²) in [4.78, 5) is 2.42. The van der Waals surface area contributed by atoms with E-state index in [2.05, 4.69) is 18.4 Å². The number of rotatable bonds is 2. The quantitative estimate of drug-likeness (QED) is 0.601. The third-order valence-corrected chi connectivity index (χ3v) is 2.13. The largest absolute Gasteiger partial charge is 0.328 e. The first kappa shape index (κ1) is 8.75. The maximum Gasteiger partial charge on any atom is 0.0187 e. The van der Waals surface area contributed by atoms with Gasteiger partial charge in [-0.2, -0.15) is 0 Å². The van der Waals surface area contributed by atoms with E-state index in [1.165, 1.54) is 5.57 Å². The van der Waals surface area contributed by atoms with Crippen LogP contribution in [0, 0.1) is 0 Å². The lowest BCUT2D eigenvalue weighted by Crippen LogP contribution is -2.40. The smallest absolute Gasteiger partial charge is 0.0187 e. The molecule has 1 rings (SSSR count). The first-order valence-electron chi connectivity index (χ1n) is 4.31. The second kappa shape index (κ2) is 3.88. The number of nitrogens with zero attached hydrogens (tertiary/aromatic N) is 1. The molecule has 0 aromatic carbocycles. The number of likely N-dealkylation sites (tertiary alicyclic amines) is 1. The van der Waals surface area contributed by atoms with Gasteiger partial charge in [-0.1, -0.05) is 12.2 Å². The topological polar surface area (TPSA) is 29.3 Å². The Morgan fingerprint density at radius 2 is 2.09 bits per heavy atom. The number of hydrogen-bond acceptors (Lipinski definition) is 2. The van der Waals surface area contributed by atoms with Gasteiger partial charge in [-0.05, 0) is 32.9 Å². The fourth-order valence-electron chi connectivity index (χ4n) is 1.49. The van der Waals surface area contributed by atoms with Crippen LogP contribution in [0.2, 0.25) is 0 Å². The standard InChI is InChI=1S/C9H18N2/c1-8(2)7-11-5-3-9(10)4-6-11/h9H,1,3-7,10H2,2H3. The van der Waals surface area contributed by atoms with Crippen molar-refractivity contribution in [3.05, 3.63) is 12.2 Å². The predicted octanol–water partition coefficient (Wildman–Crippen LogP) is 0.986. The Balaban J connectivity index is 2.22. The summed E-state index contributed by atoms with van der Waals surface area (Å²) >= 11 is 0. The van der Waals surface area contributed by atoms with Gasteiger partial charge in [0.1, 0.15) is 0 Å². The monoisotopic (exact) mass is 154 g/mol. The number of hydrogen-bond donors (Lipinski definition) is 1. The Kier molecular flexibility index (Phi) is 3.09. The summed E-state index contributed by atoms with van der Waals surface area (Å²) in [6.45, 7) is 9.32. The molecule has 2 heteroatoms. The first-order chi connectivity index (χ1) is 5.18. The molecule has 2 nitrogen and oxygen atoms in total. The second-order valence-corrected chi connectivity index (χ2v) is 3.57. The van der Waals surface area contributed by atoms with Crippen molar-refractivity contribution < 1.29 is 0 Å². The van der Waals surface area contributed by atoms with Gasteiger partial charge in [0.15, 0.2) is 0 Å². The average Bonchev–Trinajstić information content (AvgIpc) is 1.93. The van der Waals surface area contributed by atoms with Crippen molar-refractivity contribution >= 4 is 0 Å². The highest BCUT2D eigenvalue weighted by Gasteiger charge is 2.14. The zero-order chi connectivity index (χ0) is 8.27. The van der Waals surface area contributed by atoms with Crippen LogP contribution in [-0.4, -0.2) is 30.6 Å². The Hall–Kier alpha value is -0.340. The molecule has 64 valence electrons. The van der Waals surface area contributed by atoms with Gasteiger partial charge in [0.25, 0.3) is 0 Å². The molecule has 0 atom stereocenters. The Morgan fingerprint density at radius 1 is 1.55 bits per heavy atom. The normalized spacial score (nSPS) is 22.0. The molecule has 0 unspecified atom stereocenters. The van der Waals surface area contributed by atoms with Crippen molar-refractivity contribution in [2.24, 2.45) is 5.73 Å².